The summed E-state index contributed by atoms with van der Waals surface area (Å²) >= 11 is 13.9. The van der Waals surface area contributed by atoms with Gasteiger partial charge in [-0.15, -0.1) is 23.2 Å². The van der Waals surface area contributed by atoms with Crippen molar-refractivity contribution in [2.45, 2.75) is 33.7 Å². The van der Waals surface area contributed by atoms with E-state index in [1.807, 2.05) is 30.3 Å². The first-order valence-corrected chi connectivity index (χ1v) is 8.29. The second kappa shape index (κ2) is 5.66. The molecule has 0 saturated heterocycles. The number of carbonyl (C=O) groups is 1. The van der Waals surface area contributed by atoms with Gasteiger partial charge < -0.3 is 18.9 Å². The van der Waals surface area contributed by atoms with Crippen LogP contribution < -0.4 is 0 Å². The molecule has 24 heavy (non-hydrogen) atoms. The summed E-state index contributed by atoms with van der Waals surface area (Å²) in [6.07, 6.45) is 0.289. The molecular formula is C17H20Cl2O5. The number of fused-ring (bicyclic) bond motifs is 2. The van der Waals surface area contributed by atoms with Crippen molar-refractivity contribution in [3.63, 3.8) is 0 Å². The number of Topliss-reactive ketones (excluding diaryl/α,β-unsaturated/α-hetero) is 1. The highest BCUT2D eigenvalue weighted by Crippen LogP contribution is 2.72. The Labute approximate surface area is 151 Å². The second-order valence-corrected chi connectivity index (χ2v) is 7.30. The fourth-order valence-electron chi connectivity index (χ4n) is 4.48. The lowest BCUT2D eigenvalue weighted by molar-refractivity contribution is -0.270. The van der Waals surface area contributed by atoms with E-state index in [0.717, 1.165) is 5.56 Å². The van der Waals surface area contributed by atoms with Gasteiger partial charge >= 0.3 is 0 Å². The SMILES string of the molecule is COC1(OC)C(=O)[C@]2(Cl)[C@H](c3ccccc3)C[C@@]1(Cl)C2(OC)OC. The summed E-state index contributed by atoms with van der Waals surface area (Å²) in [7, 11) is 5.56. The third kappa shape index (κ3) is 1.64. The van der Waals surface area contributed by atoms with Crippen molar-refractivity contribution < 1.29 is 23.7 Å². The highest BCUT2D eigenvalue weighted by molar-refractivity contribution is 6.44. The summed E-state index contributed by atoms with van der Waals surface area (Å²) in [5, 5.41) is 0. The smallest absolute Gasteiger partial charge is 0.255 e. The molecule has 1 aromatic carbocycles. The number of ether oxygens (including phenoxy) is 4. The maximum Gasteiger partial charge on any atom is 0.255 e. The summed E-state index contributed by atoms with van der Waals surface area (Å²) in [5.74, 6) is -4.27. The Balaban J connectivity index is 2.28. The zero-order chi connectivity index (χ0) is 17.8. The molecule has 132 valence electrons. The largest absolute Gasteiger partial charge is 0.350 e. The number of hydrogen-bond donors (Lipinski definition) is 0. The number of alkyl halides is 2. The van der Waals surface area contributed by atoms with Gasteiger partial charge in [-0.05, 0) is 12.0 Å². The summed E-state index contributed by atoms with van der Waals surface area (Å²) < 4.78 is 22.2. The van der Waals surface area contributed by atoms with Crippen LogP contribution in [0.25, 0.3) is 0 Å². The van der Waals surface area contributed by atoms with Crippen LogP contribution in [0, 0.1) is 0 Å². The van der Waals surface area contributed by atoms with Gasteiger partial charge in [0.25, 0.3) is 5.79 Å². The molecule has 7 heteroatoms. The first-order chi connectivity index (χ1) is 11.3. The van der Waals surface area contributed by atoms with E-state index in [4.69, 9.17) is 42.1 Å². The predicted molar refractivity (Wildman–Crippen MR) is 89.5 cm³/mol. The average molecular weight is 375 g/mol. The minimum absolute atomic E-state index is 0.289. The van der Waals surface area contributed by atoms with E-state index in [1.54, 1.807) is 0 Å². The summed E-state index contributed by atoms with van der Waals surface area (Å²) in [5.41, 5.74) is 0.877. The second-order valence-electron chi connectivity index (χ2n) is 6.06. The molecule has 2 aliphatic carbocycles. The maximum absolute atomic E-state index is 13.4. The molecule has 0 spiro atoms. The van der Waals surface area contributed by atoms with Crippen LogP contribution in [-0.2, 0) is 23.7 Å². The van der Waals surface area contributed by atoms with Crippen LogP contribution in [0.2, 0.25) is 0 Å². The van der Waals surface area contributed by atoms with Crippen molar-refractivity contribution in [2.75, 3.05) is 28.4 Å². The molecular weight excluding hydrogens is 355 g/mol. The van der Waals surface area contributed by atoms with Gasteiger partial charge in [-0.2, -0.15) is 0 Å². The Bertz CT molecular complexity index is 644. The number of rotatable bonds is 5. The summed E-state index contributed by atoms with van der Waals surface area (Å²) in [6, 6.07) is 9.47. The third-order valence-electron chi connectivity index (χ3n) is 5.47. The van der Waals surface area contributed by atoms with E-state index in [0.29, 0.717) is 0 Å². The maximum atomic E-state index is 13.4. The minimum Gasteiger partial charge on any atom is -0.350 e. The molecule has 0 amide bonds. The minimum atomic E-state index is -1.76. The lowest BCUT2D eigenvalue weighted by Gasteiger charge is -2.42. The third-order valence-corrected chi connectivity index (χ3v) is 6.80. The standard InChI is InChI=1S/C17H20Cl2O5/c1-21-16(22-2)13(20)15(19)12(11-8-6-5-7-9-11)10-14(16,18)17(15,23-3)24-4/h5-9,12H,10H2,1-4H3/t12-,14-,15+/m0/s1. The first kappa shape index (κ1) is 18.1. The highest BCUT2D eigenvalue weighted by atomic mass is 35.5. The fourth-order valence-corrected chi connectivity index (χ4v) is 5.87. The van der Waals surface area contributed by atoms with Crippen LogP contribution in [-0.4, -0.2) is 55.5 Å². The molecule has 0 aromatic heterocycles. The van der Waals surface area contributed by atoms with Gasteiger partial charge in [0.1, 0.15) is 0 Å². The van der Waals surface area contributed by atoms with Crippen molar-refractivity contribution in [2.24, 2.45) is 0 Å². The van der Waals surface area contributed by atoms with Crippen molar-refractivity contribution in [1.82, 2.24) is 0 Å². The molecule has 2 fully saturated rings. The van der Waals surface area contributed by atoms with Gasteiger partial charge in [0.05, 0.1) is 0 Å². The van der Waals surface area contributed by atoms with Crippen molar-refractivity contribution in [3.05, 3.63) is 35.9 Å². The van der Waals surface area contributed by atoms with Crippen LogP contribution >= 0.6 is 23.2 Å². The van der Waals surface area contributed by atoms with E-state index in [2.05, 4.69) is 0 Å². The number of methoxy groups -OCH3 is 4. The predicted octanol–water partition coefficient (Wildman–Crippen LogP) is 2.69. The van der Waals surface area contributed by atoms with E-state index in [-0.39, 0.29) is 6.42 Å². The van der Waals surface area contributed by atoms with Gasteiger partial charge in [0.2, 0.25) is 11.6 Å². The number of carbonyl (C=O) groups excluding carboxylic acids is 1. The molecule has 2 bridgehead atoms. The number of benzene rings is 1. The Morgan fingerprint density at radius 3 is 1.96 bits per heavy atom. The lowest BCUT2D eigenvalue weighted by Crippen LogP contribution is -2.61. The Kier molecular flexibility index (Phi) is 4.27. The van der Waals surface area contributed by atoms with Crippen LogP contribution in [0.4, 0.5) is 0 Å². The topological polar surface area (TPSA) is 54.0 Å². The Morgan fingerprint density at radius 1 is 0.958 bits per heavy atom. The Morgan fingerprint density at radius 2 is 1.50 bits per heavy atom. The summed E-state index contributed by atoms with van der Waals surface area (Å²) in [6.45, 7) is 0. The van der Waals surface area contributed by atoms with Crippen LogP contribution in [0.1, 0.15) is 17.9 Å². The molecule has 0 radical (unpaired) electrons. The van der Waals surface area contributed by atoms with Gasteiger partial charge in [0.15, 0.2) is 9.75 Å². The van der Waals surface area contributed by atoms with Crippen molar-refractivity contribution in [3.8, 4) is 0 Å². The van der Waals surface area contributed by atoms with E-state index in [1.165, 1.54) is 28.4 Å². The van der Waals surface area contributed by atoms with Gasteiger partial charge in [-0.3, -0.25) is 4.79 Å². The molecule has 5 nitrogen and oxygen atoms in total. The zero-order valence-corrected chi connectivity index (χ0v) is 15.5. The van der Waals surface area contributed by atoms with Crippen LogP contribution in [0.5, 0.6) is 0 Å². The first-order valence-electron chi connectivity index (χ1n) is 7.53. The molecule has 1 aromatic rings. The number of hydrogen-bond acceptors (Lipinski definition) is 5. The molecule has 0 heterocycles. The lowest BCUT2D eigenvalue weighted by atomic mass is 9.79. The average Bonchev–Trinajstić information content (AvgIpc) is 2.89. The van der Waals surface area contributed by atoms with Crippen molar-refractivity contribution in [1.29, 1.82) is 0 Å². The Hall–Kier alpha value is -0.690. The summed E-state index contributed by atoms with van der Waals surface area (Å²) in [4.78, 5) is 10.3. The van der Waals surface area contributed by atoms with Crippen molar-refractivity contribution >= 4 is 29.0 Å². The van der Waals surface area contributed by atoms with Gasteiger partial charge in [0, 0.05) is 34.4 Å². The highest BCUT2D eigenvalue weighted by Gasteiger charge is 2.92. The monoisotopic (exact) mass is 374 g/mol. The van der Waals surface area contributed by atoms with Crippen LogP contribution in [0.15, 0.2) is 30.3 Å². The molecule has 2 aliphatic rings. The number of ketones is 1. The normalized spacial score (nSPS) is 36.2. The number of halogens is 2. The molecule has 0 N–H and O–H groups in total. The molecule has 3 rings (SSSR count). The van der Waals surface area contributed by atoms with E-state index < -0.39 is 33.0 Å². The molecule has 3 atom stereocenters. The zero-order valence-electron chi connectivity index (χ0n) is 14.0. The van der Waals surface area contributed by atoms with Crippen LogP contribution in [0.3, 0.4) is 0 Å². The molecule has 0 aliphatic heterocycles. The quantitative estimate of drug-likeness (QED) is 0.585. The fraction of sp³-hybridized carbons (Fsp3) is 0.588. The molecule has 0 unspecified atom stereocenters. The van der Waals surface area contributed by atoms with E-state index in [9.17, 15) is 4.79 Å². The molecule has 2 saturated carbocycles. The van der Waals surface area contributed by atoms with Gasteiger partial charge in [-0.25, -0.2) is 0 Å². The van der Waals surface area contributed by atoms with E-state index >= 15 is 0 Å². The van der Waals surface area contributed by atoms with Gasteiger partial charge in [-0.1, -0.05) is 30.3 Å².